The molecule has 1 N–H and O–H groups in total. The molecule has 1 aliphatic heterocycles. The predicted molar refractivity (Wildman–Crippen MR) is 97.0 cm³/mol. The maximum atomic E-state index is 12.9. The van der Waals surface area contributed by atoms with E-state index in [1.165, 1.54) is 28.4 Å². The van der Waals surface area contributed by atoms with Crippen molar-refractivity contribution in [2.75, 3.05) is 11.9 Å². The van der Waals surface area contributed by atoms with E-state index >= 15 is 0 Å². The normalized spacial score (nSPS) is 16.0. The molecular formula is C15H10FN3O2S3. The molecule has 5 nitrogen and oxygen atoms in total. The van der Waals surface area contributed by atoms with E-state index in [0.29, 0.717) is 19.9 Å². The first-order chi connectivity index (χ1) is 11.5. The van der Waals surface area contributed by atoms with Gasteiger partial charge in [0.2, 0.25) is 5.91 Å². The lowest BCUT2D eigenvalue weighted by molar-refractivity contribution is -0.126. The van der Waals surface area contributed by atoms with E-state index in [1.54, 1.807) is 29.8 Å². The van der Waals surface area contributed by atoms with Gasteiger partial charge in [-0.25, -0.2) is 9.37 Å². The van der Waals surface area contributed by atoms with Gasteiger partial charge in [0.25, 0.3) is 5.91 Å². The van der Waals surface area contributed by atoms with E-state index in [4.69, 9.17) is 12.2 Å². The number of halogens is 1. The number of aromatic nitrogens is 1. The van der Waals surface area contributed by atoms with Gasteiger partial charge >= 0.3 is 0 Å². The molecule has 122 valence electrons. The Hall–Kier alpha value is -2.10. The highest BCUT2D eigenvalue weighted by atomic mass is 32.2. The third-order valence-electron chi connectivity index (χ3n) is 3.02. The van der Waals surface area contributed by atoms with Crippen molar-refractivity contribution < 1.29 is 14.0 Å². The largest absolute Gasteiger partial charge is 0.300 e. The van der Waals surface area contributed by atoms with Gasteiger partial charge < -0.3 is 5.32 Å². The number of hydrogen-bond donors (Lipinski definition) is 1. The van der Waals surface area contributed by atoms with Crippen molar-refractivity contribution in [1.82, 2.24) is 9.88 Å². The molecule has 1 fully saturated rings. The lowest BCUT2D eigenvalue weighted by atomic mass is 10.2. The molecule has 24 heavy (non-hydrogen) atoms. The molecule has 9 heteroatoms. The number of benzene rings is 1. The minimum absolute atomic E-state index is 0.176. The van der Waals surface area contributed by atoms with Crippen LogP contribution in [0, 0.1) is 5.82 Å². The van der Waals surface area contributed by atoms with E-state index in [9.17, 15) is 14.0 Å². The number of thiocarbonyl (C=S) groups is 1. The van der Waals surface area contributed by atoms with Crippen molar-refractivity contribution in [3.63, 3.8) is 0 Å². The van der Waals surface area contributed by atoms with Crippen LogP contribution in [0.5, 0.6) is 0 Å². The molecule has 0 spiro atoms. The topological polar surface area (TPSA) is 62.3 Å². The summed E-state index contributed by atoms with van der Waals surface area (Å²) >= 11 is 7.57. The average Bonchev–Trinajstić information content (AvgIpc) is 3.14. The lowest BCUT2D eigenvalue weighted by Gasteiger charge is -2.13. The number of carbonyl (C=O) groups excluding carboxylic acids is 2. The maximum absolute atomic E-state index is 12.9. The number of rotatable bonds is 4. The summed E-state index contributed by atoms with van der Waals surface area (Å²) in [6.07, 6.45) is 3.20. The summed E-state index contributed by atoms with van der Waals surface area (Å²) in [4.78, 5) is 30.0. The zero-order valence-corrected chi connectivity index (χ0v) is 14.5. The Morgan fingerprint density at radius 3 is 2.79 bits per heavy atom. The summed E-state index contributed by atoms with van der Waals surface area (Å²) in [7, 11) is 0. The number of anilines is 1. The molecule has 1 aromatic heterocycles. The number of thioether (sulfide) groups is 1. The first-order valence-corrected chi connectivity index (χ1v) is 8.83. The third kappa shape index (κ3) is 3.86. The Morgan fingerprint density at radius 2 is 2.12 bits per heavy atom. The van der Waals surface area contributed by atoms with Gasteiger partial charge in [0.05, 0.1) is 4.91 Å². The predicted octanol–water partition coefficient (Wildman–Crippen LogP) is 3.12. The van der Waals surface area contributed by atoms with Crippen molar-refractivity contribution in [2.45, 2.75) is 0 Å². The fourth-order valence-electron chi connectivity index (χ4n) is 1.93. The Kier molecular flexibility index (Phi) is 5.03. The highest BCUT2D eigenvalue weighted by Gasteiger charge is 2.33. The van der Waals surface area contributed by atoms with Gasteiger partial charge in [0.15, 0.2) is 5.13 Å². The standard InChI is InChI=1S/C15H10FN3O2S3/c16-10-3-1-9(2-4-10)7-11-13(21)19(15(22)24-11)8-12(20)18-14-17-5-6-23-14/h1-7H,8H2,(H,17,18,20)/b11-7-. The molecule has 1 aliphatic rings. The Morgan fingerprint density at radius 1 is 1.38 bits per heavy atom. The number of hydrogen-bond acceptors (Lipinski definition) is 6. The summed E-state index contributed by atoms with van der Waals surface area (Å²) in [6, 6.07) is 5.76. The summed E-state index contributed by atoms with van der Waals surface area (Å²) < 4.78 is 13.2. The molecule has 2 amide bonds. The molecular weight excluding hydrogens is 369 g/mol. The summed E-state index contributed by atoms with van der Waals surface area (Å²) in [5.41, 5.74) is 0.684. The van der Waals surface area contributed by atoms with Crippen LogP contribution in [0.15, 0.2) is 40.7 Å². The second kappa shape index (κ2) is 7.20. The molecule has 0 saturated carbocycles. The van der Waals surface area contributed by atoms with Crippen LogP contribution >= 0.6 is 35.3 Å². The van der Waals surface area contributed by atoms with Gasteiger partial charge in [-0.3, -0.25) is 14.5 Å². The molecule has 0 radical (unpaired) electrons. The highest BCUT2D eigenvalue weighted by molar-refractivity contribution is 8.26. The van der Waals surface area contributed by atoms with Crippen molar-refractivity contribution in [3.05, 3.63) is 52.1 Å². The minimum atomic E-state index is -0.371. The molecule has 0 unspecified atom stereocenters. The van der Waals surface area contributed by atoms with E-state index in [1.807, 2.05) is 0 Å². The van der Waals surface area contributed by atoms with Gasteiger partial charge in [-0.15, -0.1) is 11.3 Å². The van der Waals surface area contributed by atoms with E-state index < -0.39 is 0 Å². The second-order valence-electron chi connectivity index (χ2n) is 4.70. The Bertz CT molecular complexity index is 819. The quantitative estimate of drug-likeness (QED) is 0.653. The fourth-order valence-corrected chi connectivity index (χ4v) is 3.73. The molecule has 2 aromatic rings. The number of nitrogens with one attached hydrogen (secondary N) is 1. The monoisotopic (exact) mass is 379 g/mol. The summed E-state index contributed by atoms with van der Waals surface area (Å²) in [5, 5.41) is 4.81. The van der Waals surface area contributed by atoms with Crippen LogP contribution in [0.25, 0.3) is 6.08 Å². The van der Waals surface area contributed by atoms with E-state index in [-0.39, 0.29) is 24.2 Å². The van der Waals surface area contributed by atoms with Crippen LogP contribution in [0.2, 0.25) is 0 Å². The smallest absolute Gasteiger partial charge is 0.266 e. The van der Waals surface area contributed by atoms with Gasteiger partial charge in [-0.1, -0.05) is 36.1 Å². The van der Waals surface area contributed by atoms with Crippen LogP contribution < -0.4 is 5.32 Å². The summed E-state index contributed by atoms with van der Waals surface area (Å²) in [6.45, 7) is -0.176. The van der Waals surface area contributed by atoms with Gasteiger partial charge in [0, 0.05) is 11.6 Å². The van der Waals surface area contributed by atoms with Crippen LogP contribution in [0.3, 0.4) is 0 Å². The van der Waals surface area contributed by atoms with Crippen molar-refractivity contribution >= 4 is 62.7 Å². The zero-order valence-electron chi connectivity index (χ0n) is 12.1. The molecule has 3 rings (SSSR count). The van der Waals surface area contributed by atoms with Crippen LogP contribution in [0.4, 0.5) is 9.52 Å². The van der Waals surface area contributed by atoms with Gasteiger partial charge in [-0.05, 0) is 23.8 Å². The first kappa shape index (κ1) is 16.7. The molecule has 0 atom stereocenters. The Labute approximate surface area is 150 Å². The van der Waals surface area contributed by atoms with Crippen LogP contribution in [-0.4, -0.2) is 32.6 Å². The molecule has 0 bridgehead atoms. The summed E-state index contributed by atoms with van der Waals surface area (Å²) in [5.74, 6) is -1.06. The van der Waals surface area contributed by atoms with E-state index in [0.717, 1.165) is 11.8 Å². The Balaban J connectivity index is 1.69. The average molecular weight is 379 g/mol. The molecule has 1 aromatic carbocycles. The minimum Gasteiger partial charge on any atom is -0.300 e. The van der Waals surface area contributed by atoms with Gasteiger partial charge in [0.1, 0.15) is 16.7 Å². The number of thiazole rings is 1. The van der Waals surface area contributed by atoms with Crippen molar-refractivity contribution in [1.29, 1.82) is 0 Å². The second-order valence-corrected chi connectivity index (χ2v) is 7.28. The van der Waals surface area contributed by atoms with Crippen molar-refractivity contribution in [2.24, 2.45) is 0 Å². The molecule has 2 heterocycles. The van der Waals surface area contributed by atoms with Gasteiger partial charge in [-0.2, -0.15) is 0 Å². The fraction of sp³-hybridized carbons (Fsp3) is 0.0667. The third-order valence-corrected chi connectivity index (χ3v) is 5.09. The number of amides is 2. The molecule has 1 saturated heterocycles. The maximum Gasteiger partial charge on any atom is 0.266 e. The van der Waals surface area contributed by atoms with Crippen LogP contribution in [0.1, 0.15) is 5.56 Å². The SMILES string of the molecule is O=C(CN1C(=O)/C(=C/c2ccc(F)cc2)SC1=S)Nc1nccs1. The lowest BCUT2D eigenvalue weighted by Crippen LogP contribution is -2.36. The van der Waals surface area contributed by atoms with E-state index in [2.05, 4.69) is 10.3 Å². The number of carbonyl (C=O) groups is 2. The molecule has 0 aliphatic carbocycles. The highest BCUT2D eigenvalue weighted by Crippen LogP contribution is 2.32. The van der Waals surface area contributed by atoms with Crippen molar-refractivity contribution in [3.8, 4) is 0 Å². The zero-order chi connectivity index (χ0) is 17.1. The first-order valence-electron chi connectivity index (χ1n) is 6.73. The van der Waals surface area contributed by atoms with Crippen LogP contribution in [-0.2, 0) is 9.59 Å². The number of nitrogens with zero attached hydrogens (tertiary/aromatic N) is 2.